The summed E-state index contributed by atoms with van der Waals surface area (Å²) in [6.45, 7) is 6.58. The lowest BCUT2D eigenvalue weighted by molar-refractivity contribution is -0.134. The molecule has 1 aromatic carbocycles. The standard InChI is InChI=1S/C20H29N3O2/c1-15(2)19(24)22-10-5-11-23(13-12-22)20(25)21-18-9-8-16-6-3-4-7-17(16)14-18/h3-4,6-7,15,18H,5,8-14H2,1-2H3,(H,21,25)/t18-/m0/s1. The number of nitrogens with one attached hydrogen (secondary N) is 1. The molecule has 0 aromatic heterocycles. The topological polar surface area (TPSA) is 52.7 Å². The van der Waals surface area contributed by atoms with Crippen LogP contribution in [0, 0.1) is 5.92 Å². The van der Waals surface area contributed by atoms with Crippen LogP contribution in [0.1, 0.15) is 37.8 Å². The number of fused-ring (bicyclic) bond motifs is 1. The van der Waals surface area contributed by atoms with Crippen LogP contribution in [0.4, 0.5) is 4.79 Å². The molecule has 3 rings (SSSR count). The number of benzene rings is 1. The Hall–Kier alpha value is -2.04. The van der Waals surface area contributed by atoms with Gasteiger partial charge in [0.1, 0.15) is 0 Å². The minimum atomic E-state index is 0.0164. The molecule has 1 fully saturated rings. The van der Waals surface area contributed by atoms with Crippen LogP contribution in [0.3, 0.4) is 0 Å². The molecular weight excluding hydrogens is 314 g/mol. The van der Waals surface area contributed by atoms with Gasteiger partial charge in [-0.05, 0) is 36.8 Å². The lowest BCUT2D eigenvalue weighted by Crippen LogP contribution is -2.48. The SMILES string of the molecule is CC(C)C(=O)N1CCCN(C(=O)N[C@H]2CCc3ccccc3C2)CC1. The number of urea groups is 1. The number of amides is 3. The molecule has 1 aliphatic carbocycles. The van der Waals surface area contributed by atoms with E-state index in [-0.39, 0.29) is 23.9 Å². The van der Waals surface area contributed by atoms with E-state index in [0.29, 0.717) is 13.1 Å². The maximum absolute atomic E-state index is 12.7. The third-order valence-corrected chi connectivity index (χ3v) is 5.26. The monoisotopic (exact) mass is 343 g/mol. The summed E-state index contributed by atoms with van der Waals surface area (Å²) in [5, 5.41) is 3.21. The van der Waals surface area contributed by atoms with E-state index in [0.717, 1.165) is 38.8 Å². The number of hydrogen-bond donors (Lipinski definition) is 1. The predicted molar refractivity (Wildman–Crippen MR) is 98.4 cm³/mol. The van der Waals surface area contributed by atoms with Gasteiger partial charge in [-0.15, -0.1) is 0 Å². The first-order chi connectivity index (χ1) is 12.0. The fourth-order valence-corrected chi connectivity index (χ4v) is 3.79. The van der Waals surface area contributed by atoms with Crippen molar-refractivity contribution in [1.29, 1.82) is 0 Å². The van der Waals surface area contributed by atoms with Crippen LogP contribution in [-0.2, 0) is 17.6 Å². The number of hydrogen-bond acceptors (Lipinski definition) is 2. The zero-order valence-corrected chi connectivity index (χ0v) is 15.3. The van der Waals surface area contributed by atoms with Crippen molar-refractivity contribution in [3.8, 4) is 0 Å². The Balaban J connectivity index is 1.53. The molecule has 2 aliphatic rings. The molecule has 0 spiro atoms. The first-order valence-corrected chi connectivity index (χ1v) is 9.45. The van der Waals surface area contributed by atoms with Crippen molar-refractivity contribution in [2.45, 2.75) is 45.6 Å². The van der Waals surface area contributed by atoms with E-state index in [1.165, 1.54) is 11.1 Å². The number of carbonyl (C=O) groups is 2. The Morgan fingerprint density at radius 1 is 1.04 bits per heavy atom. The van der Waals surface area contributed by atoms with Gasteiger partial charge in [-0.3, -0.25) is 4.79 Å². The summed E-state index contributed by atoms with van der Waals surface area (Å²) in [4.78, 5) is 28.6. The van der Waals surface area contributed by atoms with Gasteiger partial charge in [0.05, 0.1) is 0 Å². The molecule has 0 radical (unpaired) electrons. The fourth-order valence-electron chi connectivity index (χ4n) is 3.79. The molecule has 3 amide bonds. The molecule has 5 heteroatoms. The van der Waals surface area contributed by atoms with Gasteiger partial charge >= 0.3 is 6.03 Å². The van der Waals surface area contributed by atoms with E-state index < -0.39 is 0 Å². The van der Waals surface area contributed by atoms with Crippen molar-refractivity contribution in [2.24, 2.45) is 5.92 Å². The smallest absolute Gasteiger partial charge is 0.317 e. The molecule has 1 saturated heterocycles. The molecular formula is C20H29N3O2. The normalized spacial score (nSPS) is 20.8. The summed E-state index contributed by atoms with van der Waals surface area (Å²) in [5.74, 6) is 0.203. The van der Waals surface area contributed by atoms with Gasteiger partial charge in [0, 0.05) is 38.1 Å². The maximum Gasteiger partial charge on any atom is 0.317 e. The van der Waals surface area contributed by atoms with Gasteiger partial charge in [0.15, 0.2) is 0 Å². The van der Waals surface area contributed by atoms with Crippen molar-refractivity contribution in [3.63, 3.8) is 0 Å². The van der Waals surface area contributed by atoms with Crippen molar-refractivity contribution >= 4 is 11.9 Å². The summed E-state index contributed by atoms with van der Waals surface area (Å²) >= 11 is 0. The molecule has 1 heterocycles. The molecule has 1 atom stereocenters. The van der Waals surface area contributed by atoms with Gasteiger partial charge in [-0.2, -0.15) is 0 Å². The van der Waals surface area contributed by atoms with Crippen LogP contribution in [0.25, 0.3) is 0 Å². The molecule has 1 aliphatic heterocycles. The fraction of sp³-hybridized carbons (Fsp3) is 0.600. The van der Waals surface area contributed by atoms with Gasteiger partial charge in [-0.1, -0.05) is 38.1 Å². The summed E-state index contributed by atoms with van der Waals surface area (Å²) < 4.78 is 0. The second kappa shape index (κ2) is 7.89. The van der Waals surface area contributed by atoms with Gasteiger partial charge in [0.25, 0.3) is 0 Å². The molecule has 5 nitrogen and oxygen atoms in total. The lowest BCUT2D eigenvalue weighted by Gasteiger charge is -2.29. The van der Waals surface area contributed by atoms with Gasteiger partial charge in [-0.25, -0.2) is 4.79 Å². The summed E-state index contributed by atoms with van der Waals surface area (Å²) in [7, 11) is 0. The third kappa shape index (κ3) is 4.33. The molecule has 0 unspecified atom stereocenters. The van der Waals surface area contributed by atoms with E-state index in [1.807, 2.05) is 23.6 Å². The minimum Gasteiger partial charge on any atom is -0.341 e. The predicted octanol–water partition coefficient (Wildman–Crippen LogP) is 2.44. The Morgan fingerprint density at radius 3 is 2.48 bits per heavy atom. The Bertz CT molecular complexity index is 629. The maximum atomic E-state index is 12.7. The number of rotatable bonds is 2. The summed E-state index contributed by atoms with van der Waals surface area (Å²) in [6.07, 6.45) is 3.78. The molecule has 25 heavy (non-hydrogen) atoms. The highest BCUT2D eigenvalue weighted by atomic mass is 16.2. The minimum absolute atomic E-state index is 0.0164. The second-order valence-corrected chi connectivity index (χ2v) is 7.48. The van der Waals surface area contributed by atoms with Crippen molar-refractivity contribution in [2.75, 3.05) is 26.2 Å². The van der Waals surface area contributed by atoms with Crippen LogP contribution in [0.2, 0.25) is 0 Å². The average Bonchev–Trinajstić information content (AvgIpc) is 2.87. The molecule has 0 saturated carbocycles. The van der Waals surface area contributed by atoms with Gasteiger partial charge < -0.3 is 15.1 Å². The second-order valence-electron chi connectivity index (χ2n) is 7.48. The summed E-state index contributed by atoms with van der Waals surface area (Å²) in [6, 6.07) is 8.72. The Kier molecular flexibility index (Phi) is 5.61. The lowest BCUT2D eigenvalue weighted by atomic mass is 9.88. The molecule has 1 N–H and O–H groups in total. The number of nitrogens with zero attached hydrogens (tertiary/aromatic N) is 2. The first-order valence-electron chi connectivity index (χ1n) is 9.45. The van der Waals surface area contributed by atoms with Crippen LogP contribution in [0.5, 0.6) is 0 Å². The number of carbonyl (C=O) groups excluding carboxylic acids is 2. The van der Waals surface area contributed by atoms with E-state index >= 15 is 0 Å². The first kappa shape index (κ1) is 17.8. The average molecular weight is 343 g/mol. The van der Waals surface area contributed by atoms with Gasteiger partial charge in [0.2, 0.25) is 5.91 Å². The largest absolute Gasteiger partial charge is 0.341 e. The van der Waals surface area contributed by atoms with Crippen molar-refractivity contribution in [1.82, 2.24) is 15.1 Å². The van der Waals surface area contributed by atoms with E-state index in [2.05, 4.69) is 29.6 Å². The quantitative estimate of drug-likeness (QED) is 0.897. The Labute approximate surface area is 150 Å². The van der Waals surface area contributed by atoms with Crippen LogP contribution < -0.4 is 5.32 Å². The zero-order valence-electron chi connectivity index (χ0n) is 15.3. The van der Waals surface area contributed by atoms with E-state index in [4.69, 9.17) is 0 Å². The van der Waals surface area contributed by atoms with E-state index in [1.54, 1.807) is 0 Å². The highest BCUT2D eigenvalue weighted by Crippen LogP contribution is 2.21. The van der Waals surface area contributed by atoms with E-state index in [9.17, 15) is 9.59 Å². The van der Waals surface area contributed by atoms with Crippen LogP contribution in [-0.4, -0.2) is 54.0 Å². The summed E-state index contributed by atoms with van der Waals surface area (Å²) in [5.41, 5.74) is 2.76. The third-order valence-electron chi connectivity index (χ3n) is 5.26. The van der Waals surface area contributed by atoms with Crippen LogP contribution >= 0.6 is 0 Å². The number of aryl methyl sites for hydroxylation is 1. The van der Waals surface area contributed by atoms with Crippen molar-refractivity contribution in [3.05, 3.63) is 35.4 Å². The highest BCUT2D eigenvalue weighted by Gasteiger charge is 2.26. The molecule has 1 aromatic rings. The molecule has 0 bridgehead atoms. The molecule has 136 valence electrons. The van der Waals surface area contributed by atoms with Crippen molar-refractivity contribution < 1.29 is 9.59 Å². The highest BCUT2D eigenvalue weighted by molar-refractivity contribution is 5.78. The van der Waals surface area contributed by atoms with Crippen LogP contribution in [0.15, 0.2) is 24.3 Å². The Morgan fingerprint density at radius 2 is 1.72 bits per heavy atom. The zero-order chi connectivity index (χ0) is 17.8.